The van der Waals surface area contributed by atoms with Gasteiger partial charge < -0.3 is 9.84 Å². The number of carbonyl (C=O) groups is 3. The van der Waals surface area contributed by atoms with Crippen LogP contribution >= 0.6 is 11.3 Å². The van der Waals surface area contributed by atoms with E-state index in [-0.39, 0.29) is 21.8 Å². The molecule has 0 unspecified atom stereocenters. The summed E-state index contributed by atoms with van der Waals surface area (Å²) in [7, 11) is -3.50. The molecule has 0 atom stereocenters. The smallest absolute Gasteiger partial charge is 0.346 e. The van der Waals surface area contributed by atoms with Crippen molar-refractivity contribution in [2.45, 2.75) is 29.9 Å². The van der Waals surface area contributed by atoms with Gasteiger partial charge in [-0.2, -0.15) is 0 Å². The van der Waals surface area contributed by atoms with Crippen molar-refractivity contribution in [3.05, 3.63) is 74.7 Å². The number of benzene rings is 2. The second-order valence-corrected chi connectivity index (χ2v) is 11.9. The Kier molecular flexibility index (Phi) is 6.41. The first kappa shape index (κ1) is 26.4. The number of carbonyl (C=O) groups excluding carboxylic acids is 2. The SMILES string of the molecule is COc1ccc(F)c(F)c1C(C)(C)S(=O)(=O)c1ccc(F)c(N2C(=O)Cc3csc(C(=O)O)c3C2=O)c1. The molecule has 8 nitrogen and oxygen atoms in total. The van der Waals surface area contributed by atoms with Gasteiger partial charge in [-0.1, -0.05) is 0 Å². The summed E-state index contributed by atoms with van der Waals surface area (Å²) in [6.07, 6.45) is -0.418. The molecule has 1 aliphatic rings. The van der Waals surface area contributed by atoms with Crippen LogP contribution in [0.3, 0.4) is 0 Å². The first-order chi connectivity index (χ1) is 17.2. The van der Waals surface area contributed by atoms with Crippen molar-refractivity contribution in [3.63, 3.8) is 0 Å². The molecule has 0 aliphatic carbocycles. The number of amides is 2. The molecule has 2 aromatic carbocycles. The monoisotopic (exact) mass is 553 g/mol. The van der Waals surface area contributed by atoms with Crippen LogP contribution in [0.2, 0.25) is 0 Å². The third kappa shape index (κ3) is 3.98. The molecule has 0 spiro atoms. The zero-order valence-corrected chi connectivity index (χ0v) is 21.1. The van der Waals surface area contributed by atoms with Crippen LogP contribution in [0.4, 0.5) is 18.9 Å². The van der Waals surface area contributed by atoms with Gasteiger partial charge in [-0.25, -0.2) is 31.3 Å². The van der Waals surface area contributed by atoms with E-state index in [1.165, 1.54) is 5.38 Å². The Hall–Kier alpha value is -3.71. The zero-order valence-electron chi connectivity index (χ0n) is 19.5. The van der Waals surface area contributed by atoms with Crippen LogP contribution < -0.4 is 9.64 Å². The molecule has 4 rings (SSSR count). The molecule has 0 radical (unpaired) electrons. The number of nitrogens with zero attached hydrogens (tertiary/aromatic N) is 1. The van der Waals surface area contributed by atoms with Gasteiger partial charge in [0.1, 0.15) is 21.2 Å². The minimum atomic E-state index is -4.64. The lowest BCUT2D eigenvalue weighted by Crippen LogP contribution is -2.43. The highest BCUT2D eigenvalue weighted by Gasteiger charge is 2.44. The van der Waals surface area contributed by atoms with Crippen molar-refractivity contribution < 1.29 is 45.8 Å². The van der Waals surface area contributed by atoms with E-state index in [0.29, 0.717) is 11.0 Å². The predicted molar refractivity (Wildman–Crippen MR) is 126 cm³/mol. The number of halogens is 3. The average molecular weight is 554 g/mol. The van der Waals surface area contributed by atoms with Gasteiger partial charge in [0, 0.05) is 0 Å². The van der Waals surface area contributed by atoms with Gasteiger partial charge in [-0.05, 0) is 55.1 Å². The molecule has 3 aromatic rings. The Morgan fingerprint density at radius 2 is 1.76 bits per heavy atom. The summed E-state index contributed by atoms with van der Waals surface area (Å²) in [6.45, 7) is 2.19. The summed E-state index contributed by atoms with van der Waals surface area (Å²) in [5, 5.41) is 10.7. The number of fused-ring (bicyclic) bond motifs is 1. The van der Waals surface area contributed by atoms with Crippen molar-refractivity contribution in [1.82, 2.24) is 0 Å². The topological polar surface area (TPSA) is 118 Å². The van der Waals surface area contributed by atoms with Crippen molar-refractivity contribution in [3.8, 4) is 5.75 Å². The largest absolute Gasteiger partial charge is 0.496 e. The van der Waals surface area contributed by atoms with Crippen LogP contribution in [0.15, 0.2) is 40.6 Å². The number of methoxy groups -OCH3 is 1. The Morgan fingerprint density at radius 3 is 2.38 bits per heavy atom. The number of rotatable bonds is 6. The number of carboxylic acid groups (broad SMARTS) is 1. The van der Waals surface area contributed by atoms with Crippen LogP contribution in [0.25, 0.3) is 0 Å². The predicted octanol–water partition coefficient (Wildman–Crippen LogP) is 4.31. The molecule has 0 saturated heterocycles. The van der Waals surface area contributed by atoms with E-state index in [4.69, 9.17) is 4.74 Å². The van der Waals surface area contributed by atoms with Crippen molar-refractivity contribution in [1.29, 1.82) is 0 Å². The zero-order chi connectivity index (χ0) is 27.4. The van der Waals surface area contributed by atoms with Crippen molar-refractivity contribution in [2.24, 2.45) is 0 Å². The molecule has 2 heterocycles. The molecule has 0 bridgehead atoms. The van der Waals surface area contributed by atoms with Crippen LogP contribution in [0.1, 0.15) is 45.0 Å². The van der Waals surface area contributed by atoms with Gasteiger partial charge >= 0.3 is 5.97 Å². The van der Waals surface area contributed by atoms with Crippen LogP contribution in [0, 0.1) is 17.5 Å². The minimum Gasteiger partial charge on any atom is -0.496 e. The molecule has 194 valence electrons. The van der Waals surface area contributed by atoms with E-state index in [9.17, 15) is 41.1 Å². The number of aromatic carboxylic acids is 1. The summed E-state index contributed by atoms with van der Waals surface area (Å²) >= 11 is 0.728. The second kappa shape index (κ2) is 8.99. The van der Waals surface area contributed by atoms with E-state index in [0.717, 1.165) is 56.6 Å². The second-order valence-electron chi connectivity index (χ2n) is 8.55. The van der Waals surface area contributed by atoms with Gasteiger partial charge in [-0.15, -0.1) is 11.3 Å². The number of thiophene rings is 1. The molecular weight excluding hydrogens is 535 g/mol. The van der Waals surface area contributed by atoms with E-state index in [1.54, 1.807) is 0 Å². The fourth-order valence-corrected chi connectivity index (χ4v) is 6.61. The Morgan fingerprint density at radius 1 is 1.11 bits per heavy atom. The summed E-state index contributed by atoms with van der Waals surface area (Å²) in [5.74, 6) is -7.61. The molecular formula is C24H18F3NO7S2. The van der Waals surface area contributed by atoms with Crippen LogP contribution in [-0.4, -0.2) is 38.4 Å². The number of hydrogen-bond donors (Lipinski definition) is 1. The number of carboxylic acids is 1. The maximum atomic E-state index is 14.9. The van der Waals surface area contributed by atoms with Gasteiger partial charge in [0.15, 0.2) is 21.5 Å². The highest BCUT2D eigenvalue weighted by atomic mass is 32.2. The molecule has 1 N–H and O–H groups in total. The number of imide groups is 1. The lowest BCUT2D eigenvalue weighted by atomic mass is 10.00. The lowest BCUT2D eigenvalue weighted by molar-refractivity contribution is -0.117. The first-order valence-electron chi connectivity index (χ1n) is 10.5. The van der Waals surface area contributed by atoms with E-state index < -0.39 is 72.4 Å². The maximum Gasteiger partial charge on any atom is 0.346 e. The number of hydrogen-bond acceptors (Lipinski definition) is 7. The highest BCUT2D eigenvalue weighted by Crippen LogP contribution is 2.43. The Bertz CT molecular complexity index is 1600. The molecule has 1 aromatic heterocycles. The summed E-state index contributed by atoms with van der Waals surface area (Å²) in [4.78, 5) is 36.9. The first-order valence-corrected chi connectivity index (χ1v) is 12.9. The summed E-state index contributed by atoms with van der Waals surface area (Å²) < 4.78 is 74.0. The van der Waals surface area contributed by atoms with Gasteiger partial charge in [0.2, 0.25) is 5.91 Å². The maximum absolute atomic E-state index is 14.9. The lowest BCUT2D eigenvalue weighted by Gasteiger charge is -2.29. The summed E-state index contributed by atoms with van der Waals surface area (Å²) in [6, 6.07) is 4.12. The normalized spacial score (nSPS) is 14.1. The number of anilines is 1. The van der Waals surface area contributed by atoms with E-state index >= 15 is 0 Å². The minimum absolute atomic E-state index is 0.160. The molecule has 37 heavy (non-hydrogen) atoms. The molecule has 13 heteroatoms. The Labute approximate surface area is 212 Å². The van der Waals surface area contributed by atoms with E-state index in [1.807, 2.05) is 0 Å². The molecule has 0 saturated carbocycles. The molecule has 2 amide bonds. The van der Waals surface area contributed by atoms with Crippen molar-refractivity contribution >= 4 is 44.6 Å². The third-order valence-corrected chi connectivity index (χ3v) is 9.53. The Balaban J connectivity index is 1.87. The number of sulfone groups is 1. The van der Waals surface area contributed by atoms with E-state index in [2.05, 4.69) is 0 Å². The fraction of sp³-hybridized carbons (Fsp3) is 0.208. The van der Waals surface area contributed by atoms with Gasteiger partial charge in [0.05, 0.1) is 35.2 Å². The van der Waals surface area contributed by atoms with Gasteiger partial charge in [0.25, 0.3) is 5.91 Å². The third-order valence-electron chi connectivity index (χ3n) is 6.09. The number of ether oxygens (including phenoxy) is 1. The quantitative estimate of drug-likeness (QED) is 0.357. The fourth-order valence-electron chi connectivity index (χ4n) is 4.15. The highest BCUT2D eigenvalue weighted by molar-refractivity contribution is 7.92. The van der Waals surface area contributed by atoms with Crippen LogP contribution in [-0.2, 0) is 25.8 Å². The standard InChI is InChI=1S/C24H18F3NO7S2/c1-24(2,19-16(35-3)7-6-14(26)20(19)27)37(33,34)12-4-5-13(25)15(9-12)28-17(29)8-11-10-36-21(23(31)32)18(11)22(28)30/h4-7,9-10H,8H2,1-3H3,(H,31,32). The van der Waals surface area contributed by atoms with Gasteiger partial charge in [-0.3, -0.25) is 9.59 Å². The molecule has 0 fully saturated rings. The van der Waals surface area contributed by atoms with Crippen molar-refractivity contribution in [2.75, 3.05) is 12.0 Å². The summed E-state index contributed by atoms with van der Waals surface area (Å²) in [5.41, 5.74) is -1.48. The van der Waals surface area contributed by atoms with Crippen LogP contribution in [0.5, 0.6) is 5.75 Å². The molecule has 1 aliphatic heterocycles. The average Bonchev–Trinajstić information content (AvgIpc) is 3.25.